The second-order valence-electron chi connectivity index (χ2n) is 8.54. The summed E-state index contributed by atoms with van der Waals surface area (Å²) >= 11 is 0. The van der Waals surface area contributed by atoms with E-state index in [1.54, 1.807) is 30.3 Å². The lowest BCUT2D eigenvalue weighted by Crippen LogP contribution is -2.35. The van der Waals surface area contributed by atoms with Crippen molar-refractivity contribution in [2.75, 3.05) is 10.6 Å². The summed E-state index contributed by atoms with van der Waals surface area (Å²) in [4.78, 5) is 7.91. The van der Waals surface area contributed by atoms with Gasteiger partial charge in [0.1, 0.15) is 0 Å². The van der Waals surface area contributed by atoms with Crippen molar-refractivity contribution in [2.24, 2.45) is 5.14 Å². The lowest BCUT2D eigenvalue weighted by Gasteiger charge is -2.22. The van der Waals surface area contributed by atoms with Crippen molar-refractivity contribution < 1.29 is 21.2 Å². The summed E-state index contributed by atoms with van der Waals surface area (Å²) in [5.74, 6) is -0.747. The first kappa shape index (κ1) is 25.9. The molecule has 13 heteroatoms. The second kappa shape index (κ2) is 10.9. The topological polar surface area (TPSA) is 156 Å². The van der Waals surface area contributed by atoms with Crippen LogP contribution in [0.5, 0.6) is 0 Å². The molecule has 0 aliphatic heterocycles. The molecular formula is C23H27FN6O4S2. The predicted octanol–water partition coefficient (Wildman–Crippen LogP) is 3.50. The third-order valence-corrected chi connectivity index (χ3v) is 8.65. The van der Waals surface area contributed by atoms with Gasteiger partial charge in [-0.15, -0.1) is 0 Å². The summed E-state index contributed by atoms with van der Waals surface area (Å²) in [7, 11) is -7.25. The average molecular weight is 535 g/mol. The minimum atomic E-state index is -3.89. The Bertz CT molecular complexity index is 1430. The smallest absolute Gasteiger partial charge is 0.238 e. The Hall–Kier alpha value is -3.13. The van der Waals surface area contributed by atoms with E-state index in [1.807, 2.05) is 0 Å². The summed E-state index contributed by atoms with van der Waals surface area (Å²) in [6, 6.07) is 12.6. The van der Waals surface area contributed by atoms with Gasteiger partial charge in [-0.1, -0.05) is 37.5 Å². The van der Waals surface area contributed by atoms with Gasteiger partial charge < -0.3 is 10.6 Å². The van der Waals surface area contributed by atoms with Gasteiger partial charge in [0.25, 0.3) is 0 Å². The molecule has 192 valence electrons. The van der Waals surface area contributed by atoms with Gasteiger partial charge in [-0.3, -0.25) is 0 Å². The van der Waals surface area contributed by atoms with Crippen LogP contribution in [0.3, 0.4) is 0 Å². The van der Waals surface area contributed by atoms with Crippen molar-refractivity contribution in [3.63, 3.8) is 0 Å². The molecule has 0 unspecified atom stereocenters. The van der Waals surface area contributed by atoms with Gasteiger partial charge in [0.2, 0.25) is 26.0 Å². The molecule has 1 aliphatic carbocycles. The molecule has 0 atom stereocenters. The van der Waals surface area contributed by atoms with Crippen LogP contribution in [0, 0.1) is 5.82 Å². The zero-order chi connectivity index (χ0) is 25.8. The van der Waals surface area contributed by atoms with E-state index >= 15 is 0 Å². The Kier molecular flexibility index (Phi) is 7.83. The van der Waals surface area contributed by atoms with Gasteiger partial charge in [0.05, 0.1) is 16.3 Å². The number of rotatable bonds is 9. The number of nitrogens with two attached hydrogens (primary N) is 1. The van der Waals surface area contributed by atoms with Crippen LogP contribution in [0.2, 0.25) is 0 Å². The molecule has 1 aliphatic rings. The van der Waals surface area contributed by atoms with Crippen LogP contribution in [0.1, 0.15) is 37.7 Å². The number of nitrogens with zero attached hydrogens (tertiary/aromatic N) is 2. The van der Waals surface area contributed by atoms with E-state index in [-0.39, 0.29) is 28.5 Å². The highest BCUT2D eigenvalue weighted by Gasteiger charge is 2.26. The van der Waals surface area contributed by atoms with E-state index in [2.05, 4.69) is 25.3 Å². The molecule has 10 nitrogen and oxygen atoms in total. The molecule has 0 spiro atoms. The number of halogens is 1. The SMILES string of the molecule is NS(=O)(=O)c1cccc(Nc2ncc(F)c(Nc3ccc(CNS(=O)(=O)C4CCCCC4)cc3)n2)c1. The van der Waals surface area contributed by atoms with E-state index in [1.165, 1.54) is 18.2 Å². The Morgan fingerprint density at radius 3 is 2.36 bits per heavy atom. The highest BCUT2D eigenvalue weighted by molar-refractivity contribution is 7.90. The average Bonchev–Trinajstić information content (AvgIpc) is 2.86. The van der Waals surface area contributed by atoms with Crippen LogP contribution in [-0.2, 0) is 26.6 Å². The van der Waals surface area contributed by atoms with Crippen molar-refractivity contribution in [1.82, 2.24) is 14.7 Å². The van der Waals surface area contributed by atoms with E-state index in [0.717, 1.165) is 31.0 Å². The molecule has 0 radical (unpaired) electrons. The lowest BCUT2D eigenvalue weighted by atomic mass is 10.0. The number of sulfonamides is 2. The van der Waals surface area contributed by atoms with Crippen molar-refractivity contribution >= 4 is 43.2 Å². The van der Waals surface area contributed by atoms with Gasteiger partial charge in [-0.2, -0.15) is 4.98 Å². The molecule has 0 amide bonds. The van der Waals surface area contributed by atoms with E-state index in [9.17, 15) is 21.2 Å². The van der Waals surface area contributed by atoms with Gasteiger partial charge in [0, 0.05) is 17.9 Å². The van der Waals surface area contributed by atoms with Crippen LogP contribution < -0.4 is 20.5 Å². The fraction of sp³-hybridized carbons (Fsp3) is 0.304. The standard InChI is InChI=1S/C23H27FN6O4S2/c24-21-15-26-23(29-18-5-4-8-20(13-18)35(25,31)32)30-22(21)28-17-11-9-16(10-12-17)14-27-36(33,34)19-6-2-1-3-7-19/h4-5,8-13,15,19,27H,1-3,6-7,14H2,(H2,25,31,32)(H2,26,28,29,30). The second-order valence-corrected chi connectivity index (χ2v) is 12.1. The Morgan fingerprint density at radius 1 is 0.944 bits per heavy atom. The number of aromatic nitrogens is 2. The van der Waals surface area contributed by atoms with Crippen molar-refractivity contribution in [3.8, 4) is 0 Å². The van der Waals surface area contributed by atoms with Crippen molar-refractivity contribution in [3.05, 3.63) is 66.1 Å². The first-order valence-electron chi connectivity index (χ1n) is 11.4. The minimum absolute atomic E-state index is 0.0409. The predicted molar refractivity (Wildman–Crippen MR) is 135 cm³/mol. The Labute approximate surface area is 209 Å². The maximum absolute atomic E-state index is 14.3. The number of benzene rings is 2. The molecule has 1 saturated carbocycles. The van der Waals surface area contributed by atoms with Crippen molar-refractivity contribution in [1.29, 1.82) is 0 Å². The molecule has 1 fully saturated rings. The third-order valence-electron chi connectivity index (χ3n) is 5.85. The number of anilines is 4. The van der Waals surface area contributed by atoms with Gasteiger partial charge >= 0.3 is 0 Å². The summed E-state index contributed by atoms with van der Waals surface area (Å²) in [6.07, 6.45) is 5.32. The molecule has 3 aromatic rings. The highest BCUT2D eigenvalue weighted by atomic mass is 32.2. The summed E-state index contributed by atoms with van der Waals surface area (Å²) in [6.45, 7) is 0.173. The third kappa shape index (κ3) is 6.75. The molecule has 0 bridgehead atoms. The van der Waals surface area contributed by atoms with Gasteiger partial charge in [0.15, 0.2) is 11.6 Å². The number of hydrogen-bond acceptors (Lipinski definition) is 8. The first-order valence-corrected chi connectivity index (χ1v) is 14.5. The molecule has 36 heavy (non-hydrogen) atoms. The zero-order valence-corrected chi connectivity index (χ0v) is 20.9. The van der Waals surface area contributed by atoms with Crippen LogP contribution in [0.15, 0.2) is 59.6 Å². The summed E-state index contributed by atoms with van der Waals surface area (Å²) in [5, 5.41) is 10.5. The normalized spacial score (nSPS) is 14.9. The van der Waals surface area contributed by atoms with E-state index in [4.69, 9.17) is 5.14 Å². The van der Waals surface area contributed by atoms with Crippen LogP contribution in [0.4, 0.5) is 27.5 Å². The van der Waals surface area contributed by atoms with Crippen molar-refractivity contribution in [2.45, 2.75) is 48.8 Å². The fourth-order valence-electron chi connectivity index (χ4n) is 3.91. The monoisotopic (exact) mass is 534 g/mol. The quantitative estimate of drug-likeness (QED) is 0.325. The maximum Gasteiger partial charge on any atom is 0.238 e. The van der Waals surface area contributed by atoms with Gasteiger partial charge in [-0.25, -0.2) is 36.1 Å². The Balaban J connectivity index is 1.40. The van der Waals surface area contributed by atoms with Crippen LogP contribution >= 0.6 is 0 Å². The summed E-state index contributed by atoms with van der Waals surface area (Å²) < 4.78 is 65.1. The van der Waals surface area contributed by atoms with Crippen LogP contribution in [0.25, 0.3) is 0 Å². The molecule has 4 rings (SSSR count). The minimum Gasteiger partial charge on any atom is -0.338 e. The summed E-state index contributed by atoms with van der Waals surface area (Å²) in [5.41, 5.74) is 1.66. The first-order chi connectivity index (χ1) is 17.1. The fourth-order valence-corrected chi connectivity index (χ4v) is 6.03. The highest BCUT2D eigenvalue weighted by Crippen LogP contribution is 2.24. The maximum atomic E-state index is 14.3. The number of nitrogens with one attached hydrogen (secondary N) is 3. The largest absolute Gasteiger partial charge is 0.338 e. The molecule has 5 N–H and O–H groups in total. The number of hydrogen-bond donors (Lipinski definition) is 4. The Morgan fingerprint density at radius 2 is 1.67 bits per heavy atom. The lowest BCUT2D eigenvalue weighted by molar-refractivity contribution is 0.477. The van der Waals surface area contributed by atoms with Gasteiger partial charge in [-0.05, 0) is 48.7 Å². The molecule has 2 aromatic carbocycles. The van der Waals surface area contributed by atoms with E-state index < -0.39 is 25.9 Å². The molecule has 1 aromatic heterocycles. The van der Waals surface area contributed by atoms with E-state index in [0.29, 0.717) is 24.2 Å². The molecular weight excluding hydrogens is 507 g/mol. The molecule has 0 saturated heterocycles. The number of primary sulfonamides is 1. The molecule has 1 heterocycles. The zero-order valence-electron chi connectivity index (χ0n) is 19.3. The van der Waals surface area contributed by atoms with Crippen LogP contribution in [-0.4, -0.2) is 32.1 Å².